The van der Waals surface area contributed by atoms with Gasteiger partial charge in [0.05, 0.1) is 11.7 Å². The molecule has 0 aromatic rings. The van der Waals surface area contributed by atoms with Crippen LogP contribution in [0, 0.1) is 11.3 Å². The first-order valence-corrected chi connectivity index (χ1v) is 6.64. The third kappa shape index (κ3) is 2.98. The third-order valence-electron chi connectivity index (χ3n) is 3.87. The first kappa shape index (κ1) is 14.0. The smallest absolute Gasteiger partial charge is 0.0945 e. The fourth-order valence-electron chi connectivity index (χ4n) is 2.82. The highest BCUT2D eigenvalue weighted by molar-refractivity contribution is 4.97. The van der Waals surface area contributed by atoms with Gasteiger partial charge in [0.25, 0.3) is 0 Å². The van der Waals surface area contributed by atoms with Crippen LogP contribution in [0.5, 0.6) is 0 Å². The lowest BCUT2D eigenvalue weighted by molar-refractivity contribution is -0.174. The topological polar surface area (TPSA) is 29.5 Å². The molecule has 1 N–H and O–H groups in total. The molecule has 1 saturated carbocycles. The van der Waals surface area contributed by atoms with Crippen molar-refractivity contribution < 1.29 is 9.84 Å². The van der Waals surface area contributed by atoms with Crippen molar-refractivity contribution >= 4 is 0 Å². The second-order valence-electron chi connectivity index (χ2n) is 6.45. The molecule has 16 heavy (non-hydrogen) atoms. The van der Waals surface area contributed by atoms with Gasteiger partial charge < -0.3 is 9.84 Å². The van der Waals surface area contributed by atoms with E-state index in [-0.39, 0.29) is 17.1 Å². The Hall–Kier alpha value is -0.0800. The van der Waals surface area contributed by atoms with Gasteiger partial charge in [0, 0.05) is 6.61 Å². The van der Waals surface area contributed by atoms with E-state index in [0.29, 0.717) is 6.61 Å². The fraction of sp³-hybridized carbons (Fsp3) is 1.00. The first-order valence-electron chi connectivity index (χ1n) is 6.64. The van der Waals surface area contributed by atoms with Gasteiger partial charge in [-0.05, 0) is 43.9 Å². The molecule has 1 atom stereocenters. The molecule has 0 bridgehead atoms. The predicted molar refractivity (Wildman–Crippen MR) is 67.5 cm³/mol. The molecule has 1 aliphatic rings. The standard InChI is InChI=1S/C14H28O2/c1-6-16-14(12(15)13(3,4)5)9-7-11(2)8-10-14/h11-12,15H,6-10H2,1-5H3. The molecule has 0 radical (unpaired) electrons. The van der Waals surface area contributed by atoms with Crippen LogP contribution < -0.4 is 0 Å². The van der Waals surface area contributed by atoms with Crippen LogP contribution in [-0.4, -0.2) is 23.4 Å². The Morgan fingerprint density at radius 1 is 1.31 bits per heavy atom. The molecule has 0 saturated heterocycles. The minimum atomic E-state index is -0.368. The van der Waals surface area contributed by atoms with E-state index in [1.54, 1.807) is 0 Å². The van der Waals surface area contributed by atoms with E-state index >= 15 is 0 Å². The highest BCUT2D eigenvalue weighted by Crippen LogP contribution is 2.42. The normalized spacial score (nSPS) is 33.8. The number of aliphatic hydroxyl groups is 1. The van der Waals surface area contributed by atoms with Crippen LogP contribution in [0.2, 0.25) is 0 Å². The van der Waals surface area contributed by atoms with Gasteiger partial charge in [0.2, 0.25) is 0 Å². The van der Waals surface area contributed by atoms with Gasteiger partial charge in [-0.3, -0.25) is 0 Å². The van der Waals surface area contributed by atoms with Crippen molar-refractivity contribution in [3.8, 4) is 0 Å². The van der Waals surface area contributed by atoms with Crippen molar-refractivity contribution in [2.75, 3.05) is 6.61 Å². The lowest BCUT2D eigenvalue weighted by atomic mass is 9.69. The molecule has 1 aliphatic carbocycles. The van der Waals surface area contributed by atoms with Crippen molar-refractivity contribution in [1.82, 2.24) is 0 Å². The van der Waals surface area contributed by atoms with Crippen LogP contribution in [0.15, 0.2) is 0 Å². The van der Waals surface area contributed by atoms with E-state index in [1.807, 2.05) is 6.92 Å². The largest absolute Gasteiger partial charge is 0.390 e. The SMILES string of the molecule is CCOC1(C(O)C(C)(C)C)CCC(C)CC1. The number of rotatable bonds is 3. The molecule has 1 fully saturated rings. The van der Waals surface area contributed by atoms with Crippen LogP contribution in [0.25, 0.3) is 0 Å². The van der Waals surface area contributed by atoms with Gasteiger partial charge in [-0.15, -0.1) is 0 Å². The van der Waals surface area contributed by atoms with Gasteiger partial charge in [0.1, 0.15) is 0 Å². The molecule has 0 aliphatic heterocycles. The molecule has 2 nitrogen and oxygen atoms in total. The van der Waals surface area contributed by atoms with E-state index in [2.05, 4.69) is 27.7 Å². The summed E-state index contributed by atoms with van der Waals surface area (Å²) in [6, 6.07) is 0. The third-order valence-corrected chi connectivity index (χ3v) is 3.87. The van der Waals surface area contributed by atoms with Crippen LogP contribution in [0.1, 0.15) is 60.3 Å². The lowest BCUT2D eigenvalue weighted by Gasteiger charge is -2.47. The Morgan fingerprint density at radius 2 is 1.81 bits per heavy atom. The monoisotopic (exact) mass is 228 g/mol. The summed E-state index contributed by atoms with van der Waals surface area (Å²) in [4.78, 5) is 0. The molecule has 0 amide bonds. The maximum absolute atomic E-state index is 10.6. The molecule has 96 valence electrons. The van der Waals surface area contributed by atoms with Crippen molar-refractivity contribution in [3.63, 3.8) is 0 Å². The van der Waals surface area contributed by atoms with E-state index in [0.717, 1.165) is 18.8 Å². The lowest BCUT2D eigenvalue weighted by Crippen LogP contribution is -2.53. The molecule has 1 unspecified atom stereocenters. The van der Waals surface area contributed by atoms with Crippen molar-refractivity contribution in [2.45, 2.75) is 72.0 Å². The quantitative estimate of drug-likeness (QED) is 0.802. The highest BCUT2D eigenvalue weighted by Gasteiger charge is 2.46. The molecule has 0 aromatic heterocycles. The summed E-state index contributed by atoms with van der Waals surface area (Å²) in [6.45, 7) is 11.3. The fourth-order valence-corrected chi connectivity index (χ4v) is 2.82. The van der Waals surface area contributed by atoms with Crippen LogP contribution >= 0.6 is 0 Å². The summed E-state index contributed by atoms with van der Waals surface area (Å²) in [5.74, 6) is 0.778. The highest BCUT2D eigenvalue weighted by atomic mass is 16.5. The summed E-state index contributed by atoms with van der Waals surface area (Å²) in [5, 5.41) is 10.6. The Labute approximate surface area is 100 Å². The zero-order valence-corrected chi connectivity index (χ0v) is 11.5. The van der Waals surface area contributed by atoms with Crippen LogP contribution in [0.4, 0.5) is 0 Å². The van der Waals surface area contributed by atoms with Crippen LogP contribution in [0.3, 0.4) is 0 Å². The predicted octanol–water partition coefficient (Wildman–Crippen LogP) is 3.38. The Kier molecular flexibility index (Phi) is 4.42. The molecule has 0 spiro atoms. The van der Waals surface area contributed by atoms with Crippen LogP contribution in [-0.2, 0) is 4.74 Å². The average Bonchev–Trinajstić information content (AvgIpc) is 2.20. The van der Waals surface area contributed by atoms with E-state index in [1.165, 1.54) is 12.8 Å². The van der Waals surface area contributed by atoms with Gasteiger partial charge in [-0.2, -0.15) is 0 Å². The number of ether oxygens (including phenoxy) is 1. The molecular weight excluding hydrogens is 200 g/mol. The molecule has 0 heterocycles. The minimum Gasteiger partial charge on any atom is -0.390 e. The summed E-state index contributed by atoms with van der Waals surface area (Å²) in [5.41, 5.74) is -0.394. The van der Waals surface area contributed by atoms with Gasteiger partial charge in [-0.1, -0.05) is 27.7 Å². The first-order chi connectivity index (χ1) is 7.32. The summed E-state index contributed by atoms with van der Waals surface area (Å²) in [7, 11) is 0. The Balaban J connectivity index is 2.80. The molecule has 0 aromatic carbocycles. The zero-order valence-electron chi connectivity index (χ0n) is 11.5. The van der Waals surface area contributed by atoms with E-state index in [4.69, 9.17) is 4.74 Å². The maximum atomic E-state index is 10.6. The molecular formula is C14H28O2. The van der Waals surface area contributed by atoms with Crippen molar-refractivity contribution in [3.05, 3.63) is 0 Å². The van der Waals surface area contributed by atoms with Gasteiger partial charge >= 0.3 is 0 Å². The maximum Gasteiger partial charge on any atom is 0.0945 e. The minimum absolute atomic E-state index is 0.101. The van der Waals surface area contributed by atoms with E-state index in [9.17, 15) is 5.11 Å². The number of hydrogen-bond donors (Lipinski definition) is 1. The Morgan fingerprint density at radius 3 is 2.19 bits per heavy atom. The second-order valence-corrected chi connectivity index (χ2v) is 6.45. The Bertz CT molecular complexity index is 209. The summed E-state index contributed by atoms with van der Waals surface area (Å²) >= 11 is 0. The second kappa shape index (κ2) is 5.05. The van der Waals surface area contributed by atoms with Gasteiger partial charge in [0.15, 0.2) is 0 Å². The van der Waals surface area contributed by atoms with E-state index < -0.39 is 0 Å². The summed E-state index contributed by atoms with van der Waals surface area (Å²) in [6.07, 6.45) is 3.98. The molecule has 2 heteroatoms. The van der Waals surface area contributed by atoms with Gasteiger partial charge in [-0.25, -0.2) is 0 Å². The average molecular weight is 228 g/mol. The van der Waals surface area contributed by atoms with Crippen molar-refractivity contribution in [2.24, 2.45) is 11.3 Å². The number of hydrogen-bond acceptors (Lipinski definition) is 2. The summed E-state index contributed by atoms with van der Waals surface area (Å²) < 4.78 is 5.96. The zero-order chi connectivity index (χ0) is 12.4. The number of aliphatic hydroxyl groups excluding tert-OH is 1. The van der Waals surface area contributed by atoms with Crippen molar-refractivity contribution in [1.29, 1.82) is 0 Å². The molecule has 1 rings (SSSR count).